The number of likely N-dealkylation sites (N-methyl/N-ethyl adjacent to an activating group) is 3. The number of guanidine groups is 1. The number of nitrogens with one attached hydrogen (secondary N) is 1. The van der Waals surface area contributed by atoms with Crippen molar-refractivity contribution in [2.24, 2.45) is 4.99 Å². The number of hydrogen-bond acceptors (Lipinski definition) is 4. The fourth-order valence-electron chi connectivity index (χ4n) is 3.23. The zero-order valence-corrected chi connectivity index (χ0v) is 20.4. The smallest absolute Gasteiger partial charge is 0.242 e. The van der Waals surface area contributed by atoms with Crippen molar-refractivity contribution >= 4 is 35.8 Å². The molecule has 1 N–H and O–H groups in total. The Bertz CT molecular complexity index is 430. The zero-order valence-electron chi connectivity index (χ0n) is 18.0. The van der Waals surface area contributed by atoms with Gasteiger partial charge in [-0.2, -0.15) is 0 Å². The highest BCUT2D eigenvalue weighted by Gasteiger charge is 2.15. The van der Waals surface area contributed by atoms with Gasteiger partial charge in [-0.15, -0.1) is 24.0 Å². The molecular formula is C19H41IN6O. The summed E-state index contributed by atoms with van der Waals surface area (Å²) >= 11 is 0. The minimum absolute atomic E-state index is 0. The number of amides is 1. The maximum Gasteiger partial charge on any atom is 0.242 e. The molecule has 0 atom stereocenters. The molecule has 0 bridgehead atoms. The fraction of sp³-hybridized carbons (Fsp3) is 0.895. The van der Waals surface area contributed by atoms with Crippen LogP contribution in [-0.2, 0) is 4.79 Å². The van der Waals surface area contributed by atoms with E-state index < -0.39 is 0 Å². The summed E-state index contributed by atoms with van der Waals surface area (Å²) in [5.74, 6) is 0.973. The molecule has 1 heterocycles. The van der Waals surface area contributed by atoms with E-state index in [1.807, 2.05) is 30.7 Å². The second kappa shape index (κ2) is 15.3. The van der Waals surface area contributed by atoms with Crippen LogP contribution in [-0.4, -0.2) is 111 Å². The minimum atomic E-state index is 0. The summed E-state index contributed by atoms with van der Waals surface area (Å²) in [6.07, 6.45) is 2.30. The molecule has 0 spiro atoms. The molecule has 0 aliphatic carbocycles. The van der Waals surface area contributed by atoms with Crippen molar-refractivity contribution < 1.29 is 4.79 Å². The highest BCUT2D eigenvalue weighted by molar-refractivity contribution is 14.0. The van der Waals surface area contributed by atoms with Crippen LogP contribution in [0, 0.1) is 0 Å². The summed E-state index contributed by atoms with van der Waals surface area (Å²) < 4.78 is 0. The lowest BCUT2D eigenvalue weighted by atomic mass is 10.3. The summed E-state index contributed by atoms with van der Waals surface area (Å²) in [6, 6.07) is 0. The van der Waals surface area contributed by atoms with Crippen LogP contribution in [0.2, 0.25) is 0 Å². The van der Waals surface area contributed by atoms with Gasteiger partial charge in [-0.25, -0.2) is 0 Å². The average Bonchev–Trinajstić information content (AvgIpc) is 2.83. The molecule has 1 fully saturated rings. The lowest BCUT2D eigenvalue weighted by molar-refractivity contribution is -0.131. The van der Waals surface area contributed by atoms with Gasteiger partial charge in [-0.1, -0.05) is 0 Å². The summed E-state index contributed by atoms with van der Waals surface area (Å²) in [6.45, 7) is 15.3. The highest BCUT2D eigenvalue weighted by Crippen LogP contribution is 2.02. The Balaban J connectivity index is 0.00000676. The van der Waals surface area contributed by atoms with Crippen LogP contribution in [0.15, 0.2) is 4.99 Å². The monoisotopic (exact) mass is 496 g/mol. The van der Waals surface area contributed by atoms with E-state index in [0.29, 0.717) is 6.54 Å². The SMILES string of the molecule is CCNC(=NCCCN1CCCN(C)CC1)N(C)CC(=O)N(CC)CC.I. The normalized spacial score (nSPS) is 16.4. The summed E-state index contributed by atoms with van der Waals surface area (Å²) in [5.41, 5.74) is 0. The van der Waals surface area contributed by atoms with Gasteiger partial charge in [0.1, 0.15) is 0 Å². The Hall–Kier alpha value is -0.610. The largest absolute Gasteiger partial charge is 0.357 e. The zero-order chi connectivity index (χ0) is 19.4. The molecule has 160 valence electrons. The topological polar surface area (TPSA) is 54.4 Å². The molecule has 0 saturated carbocycles. The van der Waals surface area contributed by atoms with Gasteiger partial charge in [0.05, 0.1) is 6.54 Å². The van der Waals surface area contributed by atoms with Crippen LogP contribution in [0.3, 0.4) is 0 Å². The lowest BCUT2D eigenvalue weighted by Gasteiger charge is -2.25. The number of nitrogens with zero attached hydrogens (tertiary/aromatic N) is 5. The van der Waals surface area contributed by atoms with Crippen LogP contribution >= 0.6 is 24.0 Å². The number of carbonyl (C=O) groups is 1. The van der Waals surface area contributed by atoms with Crippen LogP contribution in [0.1, 0.15) is 33.6 Å². The summed E-state index contributed by atoms with van der Waals surface area (Å²) in [4.78, 5) is 25.8. The molecule has 1 saturated heterocycles. The van der Waals surface area contributed by atoms with Gasteiger partial charge >= 0.3 is 0 Å². The van der Waals surface area contributed by atoms with E-state index in [0.717, 1.165) is 58.2 Å². The Morgan fingerprint density at radius 1 is 1.11 bits per heavy atom. The molecule has 0 unspecified atom stereocenters. The predicted molar refractivity (Wildman–Crippen MR) is 125 cm³/mol. The fourth-order valence-corrected chi connectivity index (χ4v) is 3.23. The third kappa shape index (κ3) is 10.5. The van der Waals surface area contributed by atoms with E-state index in [-0.39, 0.29) is 29.9 Å². The predicted octanol–water partition coefficient (Wildman–Crippen LogP) is 1.40. The van der Waals surface area contributed by atoms with Crippen molar-refractivity contribution in [1.82, 2.24) is 24.9 Å². The van der Waals surface area contributed by atoms with Crippen LogP contribution in [0.25, 0.3) is 0 Å². The van der Waals surface area contributed by atoms with Gasteiger partial charge in [0, 0.05) is 46.3 Å². The number of carbonyl (C=O) groups excluding carboxylic acids is 1. The molecule has 0 aromatic rings. The van der Waals surface area contributed by atoms with Gasteiger partial charge < -0.3 is 24.9 Å². The van der Waals surface area contributed by atoms with Crippen LogP contribution in [0.5, 0.6) is 0 Å². The Morgan fingerprint density at radius 2 is 1.81 bits per heavy atom. The summed E-state index contributed by atoms with van der Waals surface area (Å²) in [5, 5.41) is 3.30. The first kappa shape index (κ1) is 26.4. The van der Waals surface area contributed by atoms with Crippen molar-refractivity contribution in [2.45, 2.75) is 33.6 Å². The standard InChI is InChI=1S/C19H40N6O.HI/c1-6-20-19(23(5)17-18(26)25(7-2)8-3)21-11-9-13-24-14-10-12-22(4)15-16-24;/h6-17H2,1-5H3,(H,20,21);1H. The number of hydrogen-bond donors (Lipinski definition) is 1. The Morgan fingerprint density at radius 3 is 2.44 bits per heavy atom. The van der Waals surface area contributed by atoms with E-state index >= 15 is 0 Å². The van der Waals surface area contributed by atoms with Crippen molar-refractivity contribution in [3.8, 4) is 0 Å². The highest BCUT2D eigenvalue weighted by atomic mass is 127. The van der Waals surface area contributed by atoms with E-state index in [1.165, 1.54) is 19.5 Å². The maximum absolute atomic E-state index is 12.3. The molecule has 0 aromatic carbocycles. The van der Waals surface area contributed by atoms with Gasteiger partial charge in [-0.3, -0.25) is 9.79 Å². The van der Waals surface area contributed by atoms with Crippen LogP contribution < -0.4 is 5.32 Å². The number of aliphatic imine (C=N–C) groups is 1. The van der Waals surface area contributed by atoms with Crippen molar-refractivity contribution in [3.63, 3.8) is 0 Å². The van der Waals surface area contributed by atoms with Crippen LogP contribution in [0.4, 0.5) is 0 Å². The molecule has 0 radical (unpaired) electrons. The second-order valence-electron chi connectivity index (χ2n) is 7.01. The summed E-state index contributed by atoms with van der Waals surface area (Å²) in [7, 11) is 4.14. The average molecular weight is 496 g/mol. The Kier molecular flexibility index (Phi) is 15.0. The van der Waals surface area contributed by atoms with Crippen molar-refractivity contribution in [3.05, 3.63) is 0 Å². The second-order valence-corrected chi connectivity index (χ2v) is 7.01. The van der Waals surface area contributed by atoms with E-state index in [1.54, 1.807) is 0 Å². The molecule has 0 aromatic heterocycles. The molecule has 1 rings (SSSR count). The quantitative estimate of drug-likeness (QED) is 0.227. The van der Waals surface area contributed by atoms with E-state index in [2.05, 4.69) is 29.1 Å². The van der Waals surface area contributed by atoms with Crippen molar-refractivity contribution in [2.75, 3.05) is 79.5 Å². The van der Waals surface area contributed by atoms with Gasteiger partial charge in [-0.05, 0) is 60.3 Å². The lowest BCUT2D eigenvalue weighted by Crippen LogP contribution is -2.45. The molecule has 7 nitrogen and oxygen atoms in total. The molecule has 1 amide bonds. The van der Waals surface area contributed by atoms with E-state index in [4.69, 9.17) is 4.99 Å². The first-order chi connectivity index (χ1) is 12.5. The number of halogens is 1. The third-order valence-electron chi connectivity index (χ3n) is 4.89. The van der Waals surface area contributed by atoms with Crippen molar-refractivity contribution in [1.29, 1.82) is 0 Å². The number of rotatable bonds is 9. The molecule has 27 heavy (non-hydrogen) atoms. The van der Waals surface area contributed by atoms with Gasteiger partial charge in [0.15, 0.2) is 5.96 Å². The third-order valence-corrected chi connectivity index (χ3v) is 4.89. The van der Waals surface area contributed by atoms with Gasteiger partial charge in [0.25, 0.3) is 0 Å². The van der Waals surface area contributed by atoms with Gasteiger partial charge in [0.2, 0.25) is 5.91 Å². The molecular weight excluding hydrogens is 455 g/mol. The minimum Gasteiger partial charge on any atom is -0.357 e. The maximum atomic E-state index is 12.3. The molecule has 8 heteroatoms. The molecule has 1 aliphatic heterocycles. The molecule has 1 aliphatic rings. The Labute approximate surface area is 183 Å². The van der Waals surface area contributed by atoms with E-state index in [9.17, 15) is 4.79 Å². The first-order valence-electron chi connectivity index (χ1n) is 10.2. The first-order valence-corrected chi connectivity index (χ1v) is 10.2.